The fourth-order valence-corrected chi connectivity index (χ4v) is 1.32. The van der Waals surface area contributed by atoms with Crippen LogP contribution in [0.2, 0.25) is 0 Å². The zero-order valence-corrected chi connectivity index (χ0v) is 7.06. The van der Waals surface area contributed by atoms with Gasteiger partial charge in [0.05, 0.1) is 11.6 Å². The third-order valence-electron chi connectivity index (χ3n) is 1.94. The zero-order valence-electron chi connectivity index (χ0n) is 7.06. The number of carbonyl (C=O) groups is 2. The second kappa shape index (κ2) is 2.99. The van der Waals surface area contributed by atoms with Gasteiger partial charge in [-0.1, -0.05) is 12.1 Å². The number of rotatable bonds is 2. The molecule has 70 valence electrons. The zero-order chi connectivity index (χ0) is 10.1. The first-order chi connectivity index (χ1) is 6.74. The predicted octanol–water partition coefficient (Wildman–Crippen LogP) is 1.52. The van der Waals surface area contributed by atoms with Gasteiger partial charge in [-0.3, -0.25) is 9.59 Å². The van der Waals surface area contributed by atoms with Crippen molar-refractivity contribution in [3.8, 4) is 5.75 Å². The van der Waals surface area contributed by atoms with Crippen LogP contribution in [0, 0.1) is 0 Å². The van der Waals surface area contributed by atoms with Gasteiger partial charge in [-0.25, -0.2) is 0 Å². The summed E-state index contributed by atoms with van der Waals surface area (Å²) in [4.78, 5) is 21.3. The number of hydrogen-bond donors (Lipinski definition) is 1. The van der Waals surface area contributed by atoms with Gasteiger partial charge in [-0.2, -0.15) is 0 Å². The summed E-state index contributed by atoms with van der Waals surface area (Å²) in [5, 5.41) is 10.3. The van der Waals surface area contributed by atoms with Crippen molar-refractivity contribution in [1.82, 2.24) is 0 Å². The van der Waals surface area contributed by atoms with E-state index >= 15 is 0 Å². The summed E-state index contributed by atoms with van der Waals surface area (Å²) in [6.07, 6.45) is 1.48. The largest absolute Gasteiger partial charge is 0.507 e. The van der Waals surface area contributed by atoms with Crippen LogP contribution in [0.5, 0.6) is 5.75 Å². The van der Waals surface area contributed by atoms with Crippen LogP contribution in [0.25, 0.3) is 10.8 Å². The van der Waals surface area contributed by atoms with Crippen LogP contribution in [0.4, 0.5) is 0 Å². The number of phenolic OH excluding ortho intramolecular Hbond substituents is 1. The minimum Gasteiger partial charge on any atom is -0.507 e. The van der Waals surface area contributed by atoms with Crippen molar-refractivity contribution in [2.45, 2.75) is 0 Å². The SMILES string of the molecule is O=CC(=O)c1occ2cccc(O)c12. The molecule has 0 spiro atoms. The highest BCUT2D eigenvalue weighted by atomic mass is 16.3. The molecule has 0 radical (unpaired) electrons. The number of Topliss-reactive ketones (excluding diaryl/α,β-unsaturated/α-hetero) is 1. The first kappa shape index (κ1) is 8.50. The lowest BCUT2D eigenvalue weighted by molar-refractivity contribution is -0.104. The van der Waals surface area contributed by atoms with Crippen molar-refractivity contribution in [3.05, 3.63) is 30.2 Å². The molecule has 1 N–H and O–H groups in total. The Balaban J connectivity index is 2.79. The molecule has 0 saturated carbocycles. The van der Waals surface area contributed by atoms with E-state index in [0.29, 0.717) is 5.39 Å². The molecule has 4 heteroatoms. The van der Waals surface area contributed by atoms with E-state index in [1.807, 2.05) is 0 Å². The fourth-order valence-electron chi connectivity index (χ4n) is 1.32. The second-order valence-corrected chi connectivity index (χ2v) is 2.79. The normalized spacial score (nSPS) is 10.3. The van der Waals surface area contributed by atoms with Crippen LogP contribution in [0.15, 0.2) is 28.9 Å². The topological polar surface area (TPSA) is 67.5 Å². The Labute approximate surface area is 78.8 Å². The molecule has 0 atom stereocenters. The highest BCUT2D eigenvalue weighted by molar-refractivity contribution is 6.35. The summed E-state index contributed by atoms with van der Waals surface area (Å²) >= 11 is 0. The van der Waals surface area contributed by atoms with E-state index in [0.717, 1.165) is 0 Å². The van der Waals surface area contributed by atoms with E-state index in [1.165, 1.54) is 12.3 Å². The molecule has 0 aliphatic carbocycles. The predicted molar refractivity (Wildman–Crippen MR) is 48.3 cm³/mol. The van der Waals surface area contributed by atoms with E-state index in [-0.39, 0.29) is 23.2 Å². The van der Waals surface area contributed by atoms with E-state index in [9.17, 15) is 14.7 Å². The Morgan fingerprint density at radius 1 is 1.43 bits per heavy atom. The number of aromatic hydroxyl groups is 1. The van der Waals surface area contributed by atoms with Gasteiger partial charge < -0.3 is 9.52 Å². The third-order valence-corrected chi connectivity index (χ3v) is 1.94. The smallest absolute Gasteiger partial charge is 0.261 e. The molecule has 1 aromatic heterocycles. The van der Waals surface area contributed by atoms with Gasteiger partial charge in [-0.15, -0.1) is 0 Å². The van der Waals surface area contributed by atoms with E-state index in [2.05, 4.69) is 0 Å². The summed E-state index contributed by atoms with van der Waals surface area (Å²) < 4.78 is 4.91. The molecule has 0 aliphatic heterocycles. The Kier molecular flexibility index (Phi) is 1.81. The lowest BCUT2D eigenvalue weighted by Gasteiger charge is -1.94. The minimum absolute atomic E-state index is 0.0681. The fraction of sp³-hybridized carbons (Fsp3) is 0. The monoisotopic (exact) mass is 190 g/mol. The Morgan fingerprint density at radius 3 is 2.93 bits per heavy atom. The quantitative estimate of drug-likeness (QED) is 0.443. The number of phenols is 1. The number of aldehydes is 1. The first-order valence-corrected chi connectivity index (χ1v) is 3.92. The molecule has 1 heterocycles. The van der Waals surface area contributed by atoms with E-state index in [4.69, 9.17) is 4.42 Å². The maximum atomic E-state index is 11.1. The van der Waals surface area contributed by atoms with Crippen molar-refractivity contribution in [3.63, 3.8) is 0 Å². The molecular weight excluding hydrogens is 184 g/mol. The highest BCUT2D eigenvalue weighted by Gasteiger charge is 2.16. The number of benzene rings is 1. The van der Waals surface area contributed by atoms with Gasteiger partial charge in [0.25, 0.3) is 5.78 Å². The van der Waals surface area contributed by atoms with E-state index in [1.54, 1.807) is 12.1 Å². The molecule has 4 nitrogen and oxygen atoms in total. The summed E-state index contributed by atoms with van der Waals surface area (Å²) in [5.74, 6) is -0.962. The van der Waals surface area contributed by atoms with Crippen molar-refractivity contribution in [1.29, 1.82) is 0 Å². The van der Waals surface area contributed by atoms with E-state index < -0.39 is 5.78 Å². The molecular formula is C10H6O4. The molecule has 0 amide bonds. The number of hydrogen-bond acceptors (Lipinski definition) is 4. The lowest BCUT2D eigenvalue weighted by Crippen LogP contribution is -1.97. The molecule has 2 rings (SSSR count). The Morgan fingerprint density at radius 2 is 2.21 bits per heavy atom. The molecule has 0 aliphatic rings. The van der Waals surface area contributed by atoms with Gasteiger partial charge in [0.1, 0.15) is 5.75 Å². The van der Waals surface area contributed by atoms with Crippen LogP contribution >= 0.6 is 0 Å². The molecule has 0 fully saturated rings. The van der Waals surface area contributed by atoms with Gasteiger partial charge in [0.2, 0.25) is 0 Å². The number of ketones is 1. The summed E-state index contributed by atoms with van der Waals surface area (Å²) in [7, 11) is 0. The third kappa shape index (κ3) is 1.08. The standard InChI is InChI=1S/C10H6O4/c11-4-8(13)10-9-6(5-14-10)2-1-3-7(9)12/h1-5,12H. The maximum absolute atomic E-state index is 11.1. The minimum atomic E-state index is -0.776. The number of carbonyl (C=O) groups excluding carboxylic acids is 2. The molecule has 0 bridgehead atoms. The lowest BCUT2D eigenvalue weighted by atomic mass is 10.1. The van der Waals surface area contributed by atoms with Crippen molar-refractivity contribution < 1.29 is 19.1 Å². The maximum Gasteiger partial charge on any atom is 0.261 e. The van der Waals surface area contributed by atoms with Crippen molar-refractivity contribution in [2.24, 2.45) is 0 Å². The van der Waals surface area contributed by atoms with Crippen LogP contribution in [0.1, 0.15) is 10.6 Å². The van der Waals surface area contributed by atoms with Crippen LogP contribution in [-0.2, 0) is 4.79 Å². The molecule has 0 saturated heterocycles. The van der Waals surface area contributed by atoms with Crippen LogP contribution in [0.3, 0.4) is 0 Å². The molecule has 0 unspecified atom stereocenters. The van der Waals surface area contributed by atoms with Gasteiger partial charge in [0.15, 0.2) is 12.0 Å². The van der Waals surface area contributed by atoms with Crippen molar-refractivity contribution in [2.75, 3.05) is 0 Å². The average molecular weight is 190 g/mol. The second-order valence-electron chi connectivity index (χ2n) is 2.79. The molecule has 2 aromatic rings. The van der Waals surface area contributed by atoms with Gasteiger partial charge in [-0.05, 0) is 6.07 Å². The summed E-state index contributed by atoms with van der Waals surface area (Å²) in [6, 6.07) is 4.74. The molecule has 1 aromatic carbocycles. The van der Waals surface area contributed by atoms with Crippen LogP contribution < -0.4 is 0 Å². The van der Waals surface area contributed by atoms with Crippen LogP contribution in [-0.4, -0.2) is 17.2 Å². The summed E-state index contributed by atoms with van der Waals surface area (Å²) in [6.45, 7) is 0. The Bertz CT molecular complexity index is 510. The Hall–Kier alpha value is -2.10. The highest BCUT2D eigenvalue weighted by Crippen LogP contribution is 2.29. The number of furan rings is 1. The van der Waals surface area contributed by atoms with Gasteiger partial charge >= 0.3 is 0 Å². The van der Waals surface area contributed by atoms with Crippen molar-refractivity contribution >= 4 is 22.8 Å². The summed E-state index contributed by atoms with van der Waals surface area (Å²) in [5.41, 5.74) is 0. The number of fused-ring (bicyclic) bond motifs is 1. The van der Waals surface area contributed by atoms with Gasteiger partial charge in [0, 0.05) is 5.39 Å². The average Bonchev–Trinajstić information content (AvgIpc) is 2.62. The molecule has 14 heavy (non-hydrogen) atoms. The first-order valence-electron chi connectivity index (χ1n) is 3.92.